The van der Waals surface area contributed by atoms with Crippen molar-refractivity contribution in [3.63, 3.8) is 0 Å². The van der Waals surface area contributed by atoms with Gasteiger partial charge >= 0.3 is 0 Å². The van der Waals surface area contributed by atoms with Crippen molar-refractivity contribution in [2.75, 3.05) is 11.2 Å². The van der Waals surface area contributed by atoms with Crippen molar-refractivity contribution in [1.82, 2.24) is 15.2 Å². The van der Waals surface area contributed by atoms with Crippen LogP contribution in [-0.2, 0) is 4.79 Å². The number of ether oxygens (including phenoxy) is 1. The number of aryl methyl sites for hydroxylation is 1. The maximum atomic E-state index is 12.7. The molecule has 2 heterocycles. The summed E-state index contributed by atoms with van der Waals surface area (Å²) in [5.41, 5.74) is 3.79. The number of thioether (sulfide) groups is 1. The van der Waals surface area contributed by atoms with Crippen molar-refractivity contribution >= 4 is 35.0 Å². The topological polar surface area (TPSA) is 68.2 Å². The van der Waals surface area contributed by atoms with Gasteiger partial charge < -0.3 is 4.74 Å². The highest BCUT2D eigenvalue weighted by Crippen LogP contribution is 2.43. The Morgan fingerprint density at radius 3 is 2.61 bits per heavy atom. The number of hydrogen-bond acceptors (Lipinski definition) is 6. The summed E-state index contributed by atoms with van der Waals surface area (Å²) in [6, 6.07) is 13.0. The molecule has 0 saturated heterocycles. The smallest absolute Gasteiger partial charge is 0.247 e. The van der Waals surface area contributed by atoms with E-state index in [0.717, 1.165) is 16.7 Å². The molecule has 2 aromatic carbocycles. The number of anilines is 1. The van der Waals surface area contributed by atoms with Crippen LogP contribution in [0.1, 0.15) is 24.3 Å². The lowest BCUT2D eigenvalue weighted by Gasteiger charge is -2.30. The Hall–Kier alpha value is -2.64. The zero-order valence-corrected chi connectivity index (χ0v) is 17.1. The Morgan fingerprint density at radius 2 is 1.93 bits per heavy atom. The van der Waals surface area contributed by atoms with Crippen molar-refractivity contribution in [3.05, 3.63) is 58.6 Å². The summed E-state index contributed by atoms with van der Waals surface area (Å²) in [4.78, 5) is 18.8. The van der Waals surface area contributed by atoms with Crippen LogP contribution in [0, 0.1) is 6.92 Å². The van der Waals surface area contributed by atoms with Gasteiger partial charge in [0.15, 0.2) is 5.69 Å². The molecule has 0 N–H and O–H groups in total. The van der Waals surface area contributed by atoms with Crippen molar-refractivity contribution in [1.29, 1.82) is 0 Å². The number of carbonyl (C=O) groups is 1. The zero-order valence-electron chi connectivity index (χ0n) is 15.5. The molecule has 1 amide bonds. The molecule has 6 nitrogen and oxygen atoms in total. The quantitative estimate of drug-likeness (QED) is 0.570. The fourth-order valence-electron chi connectivity index (χ4n) is 3.15. The number of halogens is 1. The zero-order chi connectivity index (χ0) is 19.8. The van der Waals surface area contributed by atoms with Gasteiger partial charge in [0.2, 0.25) is 23.2 Å². The molecule has 0 saturated carbocycles. The second-order valence-electron chi connectivity index (χ2n) is 6.38. The second-order valence-corrected chi connectivity index (χ2v) is 7.59. The van der Waals surface area contributed by atoms with Gasteiger partial charge in [-0.1, -0.05) is 47.1 Å². The van der Waals surface area contributed by atoms with Crippen LogP contribution in [-0.4, -0.2) is 27.3 Å². The average molecular weight is 413 g/mol. The summed E-state index contributed by atoms with van der Waals surface area (Å²) in [5.74, 6) is 0.186. The summed E-state index contributed by atoms with van der Waals surface area (Å²) in [6.07, 6.45) is 1.17. The van der Waals surface area contributed by atoms with Gasteiger partial charge in [0.25, 0.3) is 0 Å². The number of aromatic nitrogens is 3. The highest BCUT2D eigenvalue weighted by atomic mass is 35.5. The van der Waals surface area contributed by atoms with Crippen molar-refractivity contribution < 1.29 is 9.53 Å². The summed E-state index contributed by atoms with van der Waals surface area (Å²) < 4.78 is 6.26. The SMILES string of the molecule is CSc1nnc2c(n1)O[C@H](c1ccc(Cl)cc1)N(C(C)=O)c1ccc(C)cc1-2. The third-order valence-corrected chi connectivity index (χ3v) is 5.23. The fraction of sp³-hybridized carbons (Fsp3) is 0.200. The maximum Gasteiger partial charge on any atom is 0.247 e. The van der Waals surface area contributed by atoms with Gasteiger partial charge in [0.1, 0.15) is 0 Å². The van der Waals surface area contributed by atoms with Crippen molar-refractivity contribution in [2.24, 2.45) is 0 Å². The molecule has 0 spiro atoms. The summed E-state index contributed by atoms with van der Waals surface area (Å²) >= 11 is 7.42. The second kappa shape index (κ2) is 7.41. The Bertz CT molecular complexity index is 1060. The van der Waals surface area contributed by atoms with Crippen LogP contribution in [0.5, 0.6) is 5.88 Å². The van der Waals surface area contributed by atoms with Crippen LogP contribution in [0.3, 0.4) is 0 Å². The summed E-state index contributed by atoms with van der Waals surface area (Å²) in [5, 5.41) is 9.62. The third-order valence-electron chi connectivity index (χ3n) is 4.44. The van der Waals surface area contributed by atoms with E-state index in [1.165, 1.54) is 18.7 Å². The lowest BCUT2D eigenvalue weighted by molar-refractivity contribution is -0.118. The molecule has 0 bridgehead atoms. The molecule has 1 aromatic heterocycles. The minimum Gasteiger partial charge on any atom is -0.447 e. The number of fused-ring (bicyclic) bond motifs is 3. The van der Waals surface area contributed by atoms with Crippen molar-refractivity contribution in [2.45, 2.75) is 25.2 Å². The molecule has 4 rings (SSSR count). The largest absolute Gasteiger partial charge is 0.447 e. The summed E-state index contributed by atoms with van der Waals surface area (Å²) in [7, 11) is 0. The van der Waals surface area contributed by atoms with Crippen LogP contribution in [0.2, 0.25) is 5.02 Å². The lowest BCUT2D eigenvalue weighted by atomic mass is 10.0. The molecular formula is C20H17ClN4O2S. The molecule has 28 heavy (non-hydrogen) atoms. The van der Waals surface area contributed by atoms with Crippen LogP contribution in [0.25, 0.3) is 11.3 Å². The molecule has 8 heteroatoms. The monoisotopic (exact) mass is 412 g/mol. The molecule has 3 aromatic rings. The molecule has 142 valence electrons. The molecule has 0 radical (unpaired) electrons. The average Bonchev–Trinajstić information content (AvgIpc) is 2.82. The molecule has 0 fully saturated rings. The Balaban J connectivity index is 1.98. The van der Waals surface area contributed by atoms with Gasteiger partial charge in [0, 0.05) is 23.1 Å². The minimum atomic E-state index is -0.705. The number of benzene rings is 2. The lowest BCUT2D eigenvalue weighted by Crippen LogP contribution is -2.36. The first-order valence-corrected chi connectivity index (χ1v) is 10.2. The number of hydrogen-bond donors (Lipinski definition) is 0. The van der Waals surface area contributed by atoms with E-state index in [4.69, 9.17) is 16.3 Å². The van der Waals surface area contributed by atoms with Gasteiger partial charge in [0.05, 0.1) is 5.69 Å². The molecular weight excluding hydrogens is 396 g/mol. The van der Waals surface area contributed by atoms with E-state index in [0.29, 0.717) is 27.4 Å². The van der Waals surface area contributed by atoms with Crippen LogP contribution < -0.4 is 9.64 Å². The first-order valence-electron chi connectivity index (χ1n) is 8.59. The standard InChI is InChI=1S/C20H17ClN4O2S/c1-11-4-9-16-15(10-11)17-18(22-20(28-3)24-23-17)27-19(25(16)12(2)26)13-5-7-14(21)8-6-13/h4-10,19H,1-3H3/t19-/m1/s1. The highest BCUT2D eigenvalue weighted by Gasteiger charge is 2.34. The number of rotatable bonds is 2. The van der Waals surface area contributed by atoms with Gasteiger partial charge in [-0.15, -0.1) is 10.2 Å². The molecule has 1 aliphatic heterocycles. The molecule has 0 unspecified atom stereocenters. The minimum absolute atomic E-state index is 0.157. The van der Waals surface area contributed by atoms with Gasteiger partial charge in [-0.25, -0.2) is 0 Å². The molecule has 0 aliphatic carbocycles. The normalized spacial score (nSPS) is 15.3. The Labute approximate surface area is 171 Å². The third kappa shape index (κ3) is 3.31. The predicted octanol–water partition coefficient (Wildman–Crippen LogP) is 4.67. The van der Waals surface area contributed by atoms with Crippen LogP contribution in [0.4, 0.5) is 5.69 Å². The molecule has 1 atom stereocenters. The van der Waals surface area contributed by atoms with E-state index in [1.54, 1.807) is 17.0 Å². The summed E-state index contributed by atoms with van der Waals surface area (Å²) in [6.45, 7) is 3.50. The van der Waals surface area contributed by atoms with Gasteiger partial charge in [-0.2, -0.15) is 4.98 Å². The van der Waals surface area contributed by atoms with E-state index in [1.807, 2.05) is 43.5 Å². The van der Waals surface area contributed by atoms with E-state index in [9.17, 15) is 4.79 Å². The highest BCUT2D eigenvalue weighted by molar-refractivity contribution is 7.98. The van der Waals surface area contributed by atoms with E-state index < -0.39 is 6.23 Å². The fourth-order valence-corrected chi connectivity index (χ4v) is 3.57. The molecule has 1 aliphatic rings. The predicted molar refractivity (Wildman–Crippen MR) is 110 cm³/mol. The van der Waals surface area contributed by atoms with E-state index in [2.05, 4.69) is 15.2 Å². The van der Waals surface area contributed by atoms with Gasteiger partial charge in [-0.3, -0.25) is 9.69 Å². The van der Waals surface area contributed by atoms with E-state index >= 15 is 0 Å². The first kappa shape index (κ1) is 18.7. The van der Waals surface area contributed by atoms with Crippen LogP contribution >= 0.6 is 23.4 Å². The maximum absolute atomic E-state index is 12.7. The Morgan fingerprint density at radius 1 is 1.18 bits per heavy atom. The van der Waals surface area contributed by atoms with Crippen molar-refractivity contribution in [3.8, 4) is 17.1 Å². The Kier molecular flexibility index (Phi) is 4.95. The first-order chi connectivity index (χ1) is 13.5. The number of carbonyl (C=O) groups excluding carboxylic acids is 1. The van der Waals surface area contributed by atoms with E-state index in [-0.39, 0.29) is 5.91 Å². The van der Waals surface area contributed by atoms with Crippen LogP contribution in [0.15, 0.2) is 47.6 Å². The number of nitrogens with zero attached hydrogens (tertiary/aromatic N) is 4. The number of amides is 1. The van der Waals surface area contributed by atoms with Gasteiger partial charge in [-0.05, 0) is 37.4 Å².